The lowest BCUT2D eigenvalue weighted by Gasteiger charge is -2.08. The molecule has 1 atom stereocenters. The molecule has 0 spiro atoms. The van der Waals surface area contributed by atoms with Gasteiger partial charge >= 0.3 is 5.97 Å². The Hall–Kier alpha value is -2.32. The number of nitriles is 1. The number of benzene rings is 1. The van der Waals surface area contributed by atoms with Gasteiger partial charge in [0.1, 0.15) is 11.6 Å². The number of hydrogen-bond donors (Lipinski definition) is 1. The Morgan fingerprint density at radius 3 is 2.73 bits per heavy atom. The van der Waals surface area contributed by atoms with E-state index in [0.717, 1.165) is 3.57 Å². The molecule has 7 nitrogen and oxygen atoms in total. The first-order valence-electron chi connectivity index (χ1n) is 7.45. The molecule has 0 fully saturated rings. The van der Waals surface area contributed by atoms with Gasteiger partial charge in [0.05, 0.1) is 11.6 Å². The van der Waals surface area contributed by atoms with Gasteiger partial charge in [0.15, 0.2) is 18.3 Å². The maximum Gasteiger partial charge on any atom is 0.325 e. The second-order valence-electron chi connectivity index (χ2n) is 5.18. The second kappa shape index (κ2) is 9.40. The van der Waals surface area contributed by atoms with Crippen LogP contribution in [0.3, 0.4) is 0 Å². The minimum absolute atomic E-state index is 0.370. The van der Waals surface area contributed by atoms with Crippen molar-refractivity contribution in [3.05, 3.63) is 49.5 Å². The lowest BCUT2D eigenvalue weighted by molar-refractivity contribution is -0.146. The Morgan fingerprint density at radius 2 is 2.12 bits per heavy atom. The van der Waals surface area contributed by atoms with Crippen LogP contribution in [0.25, 0.3) is 0 Å². The summed E-state index contributed by atoms with van der Waals surface area (Å²) >= 11 is 3.22. The number of nitrogens with zero attached hydrogens (tertiary/aromatic N) is 2. The number of ketones is 1. The number of carbonyl (C=O) groups excluding carboxylic acids is 3. The van der Waals surface area contributed by atoms with Crippen molar-refractivity contribution >= 4 is 51.6 Å². The number of hydrogen-bond acceptors (Lipinski definition) is 7. The monoisotopic (exact) mass is 483 g/mol. The summed E-state index contributed by atoms with van der Waals surface area (Å²) < 4.78 is 5.60. The summed E-state index contributed by atoms with van der Waals surface area (Å²) in [6, 6.07) is 8.80. The maximum atomic E-state index is 12.1. The van der Waals surface area contributed by atoms with Gasteiger partial charge in [0, 0.05) is 14.6 Å². The van der Waals surface area contributed by atoms with Gasteiger partial charge in [-0.15, -0.1) is 11.3 Å². The number of carbonyl (C=O) groups is 3. The lowest BCUT2D eigenvalue weighted by Crippen LogP contribution is -2.32. The quantitative estimate of drug-likeness (QED) is 0.478. The Labute approximate surface area is 167 Å². The highest BCUT2D eigenvalue weighted by Gasteiger charge is 2.24. The van der Waals surface area contributed by atoms with Crippen LogP contribution in [0, 0.1) is 21.8 Å². The van der Waals surface area contributed by atoms with E-state index in [0.29, 0.717) is 16.3 Å². The summed E-state index contributed by atoms with van der Waals surface area (Å²) in [5.74, 6) is -2.79. The molecule has 2 rings (SSSR count). The molecule has 0 bridgehead atoms. The van der Waals surface area contributed by atoms with Crippen LogP contribution in [0.5, 0.6) is 0 Å². The van der Waals surface area contributed by atoms with E-state index < -0.39 is 30.2 Å². The van der Waals surface area contributed by atoms with Gasteiger partial charge in [-0.1, -0.05) is 12.1 Å². The number of amides is 1. The first-order chi connectivity index (χ1) is 12.4. The summed E-state index contributed by atoms with van der Waals surface area (Å²) in [7, 11) is 0. The molecule has 1 unspecified atom stereocenters. The average molecular weight is 483 g/mol. The van der Waals surface area contributed by atoms with E-state index >= 15 is 0 Å². The van der Waals surface area contributed by atoms with E-state index in [1.807, 2.05) is 28.7 Å². The van der Waals surface area contributed by atoms with E-state index in [2.05, 4.69) is 10.3 Å². The average Bonchev–Trinajstić information content (AvgIpc) is 3.05. The standard InChI is InChI=1S/C17H14IN3O4S/c1-10-9-26-17(21-10)12(6-19)14(22)8-25-15(23)7-20-16(24)11-4-2-3-5-13(11)18/h2-5,9,12H,7-8H2,1H3,(H,20,24). The fourth-order valence-electron chi connectivity index (χ4n) is 1.95. The topological polar surface area (TPSA) is 109 Å². The molecule has 0 aliphatic rings. The van der Waals surface area contributed by atoms with E-state index in [1.165, 1.54) is 11.3 Å². The number of thiazole rings is 1. The van der Waals surface area contributed by atoms with Gasteiger partial charge in [-0.3, -0.25) is 14.4 Å². The predicted octanol–water partition coefficient (Wildman–Crippen LogP) is 2.21. The Bertz CT molecular complexity index is 875. The Balaban J connectivity index is 1.83. The summed E-state index contributed by atoms with van der Waals surface area (Å²) in [5, 5.41) is 13.7. The van der Waals surface area contributed by atoms with Crippen molar-refractivity contribution in [2.45, 2.75) is 12.8 Å². The molecule has 134 valence electrons. The molecule has 1 heterocycles. The maximum absolute atomic E-state index is 12.1. The third kappa shape index (κ3) is 5.34. The number of Topliss-reactive ketones (excluding diaryl/α,β-unsaturated/α-hetero) is 1. The zero-order valence-electron chi connectivity index (χ0n) is 13.7. The molecule has 1 amide bonds. The van der Waals surface area contributed by atoms with E-state index in [-0.39, 0.29) is 6.54 Å². The largest absolute Gasteiger partial charge is 0.456 e. The van der Waals surface area contributed by atoms with E-state index in [4.69, 9.17) is 10.00 Å². The van der Waals surface area contributed by atoms with Crippen LogP contribution >= 0.6 is 33.9 Å². The van der Waals surface area contributed by atoms with E-state index in [9.17, 15) is 14.4 Å². The van der Waals surface area contributed by atoms with Crippen LogP contribution in [0.2, 0.25) is 0 Å². The van der Waals surface area contributed by atoms with Gasteiger partial charge < -0.3 is 10.1 Å². The highest BCUT2D eigenvalue weighted by Crippen LogP contribution is 2.20. The zero-order valence-corrected chi connectivity index (χ0v) is 16.7. The Morgan fingerprint density at radius 1 is 1.38 bits per heavy atom. The highest BCUT2D eigenvalue weighted by molar-refractivity contribution is 14.1. The fourth-order valence-corrected chi connectivity index (χ4v) is 3.44. The molecule has 26 heavy (non-hydrogen) atoms. The van der Waals surface area contributed by atoms with Crippen molar-refractivity contribution in [3.63, 3.8) is 0 Å². The van der Waals surface area contributed by atoms with Crippen LogP contribution in [0.15, 0.2) is 29.6 Å². The van der Waals surface area contributed by atoms with Crippen molar-refractivity contribution in [2.75, 3.05) is 13.2 Å². The van der Waals surface area contributed by atoms with Crippen molar-refractivity contribution in [1.82, 2.24) is 10.3 Å². The molecule has 0 aliphatic heterocycles. The SMILES string of the molecule is Cc1csc(C(C#N)C(=O)COC(=O)CNC(=O)c2ccccc2I)n1. The number of ether oxygens (including phenoxy) is 1. The van der Waals surface area contributed by atoms with Gasteiger partial charge in [-0.25, -0.2) is 4.98 Å². The lowest BCUT2D eigenvalue weighted by atomic mass is 10.1. The summed E-state index contributed by atoms with van der Waals surface area (Å²) in [4.78, 5) is 39.9. The third-order valence-corrected chi connectivity index (χ3v) is 5.19. The number of aromatic nitrogens is 1. The minimum atomic E-state index is -1.07. The van der Waals surface area contributed by atoms with Gasteiger partial charge in [-0.2, -0.15) is 5.26 Å². The number of nitrogens with one attached hydrogen (secondary N) is 1. The van der Waals surface area contributed by atoms with Gasteiger partial charge in [-0.05, 0) is 41.6 Å². The summed E-state index contributed by atoms with van der Waals surface area (Å²) in [6.45, 7) is 0.842. The first kappa shape index (κ1) is 20.0. The Kier molecular flexibility index (Phi) is 7.23. The second-order valence-corrected chi connectivity index (χ2v) is 7.23. The molecule has 1 N–H and O–H groups in total. The van der Waals surface area contributed by atoms with Crippen LogP contribution < -0.4 is 5.32 Å². The third-order valence-electron chi connectivity index (χ3n) is 3.22. The molecule has 0 saturated heterocycles. The molecule has 1 aromatic carbocycles. The first-order valence-corrected chi connectivity index (χ1v) is 9.41. The molecule has 2 aromatic rings. The fraction of sp³-hybridized carbons (Fsp3) is 0.235. The molecular formula is C17H14IN3O4S. The number of rotatable bonds is 7. The van der Waals surface area contributed by atoms with Crippen molar-refractivity contribution in [1.29, 1.82) is 5.26 Å². The number of aryl methyl sites for hydroxylation is 1. The van der Waals surface area contributed by atoms with Gasteiger partial charge in [0.25, 0.3) is 5.91 Å². The number of esters is 1. The zero-order chi connectivity index (χ0) is 19.1. The molecule has 0 aliphatic carbocycles. The highest BCUT2D eigenvalue weighted by atomic mass is 127. The smallest absolute Gasteiger partial charge is 0.325 e. The number of halogens is 1. The molecule has 0 radical (unpaired) electrons. The molecular weight excluding hydrogens is 469 g/mol. The van der Waals surface area contributed by atoms with Crippen LogP contribution in [0.1, 0.15) is 27.0 Å². The summed E-state index contributed by atoms with van der Waals surface area (Å²) in [5.41, 5.74) is 1.16. The van der Waals surface area contributed by atoms with Crippen LogP contribution in [-0.2, 0) is 14.3 Å². The van der Waals surface area contributed by atoms with Crippen molar-refractivity contribution in [2.24, 2.45) is 0 Å². The van der Waals surface area contributed by atoms with Crippen LogP contribution in [0.4, 0.5) is 0 Å². The van der Waals surface area contributed by atoms with Crippen molar-refractivity contribution < 1.29 is 19.1 Å². The normalized spacial score (nSPS) is 11.3. The van der Waals surface area contributed by atoms with Crippen LogP contribution in [-0.4, -0.2) is 35.8 Å². The molecule has 1 aromatic heterocycles. The molecule has 9 heteroatoms. The molecule has 0 saturated carbocycles. The summed E-state index contributed by atoms with van der Waals surface area (Å²) in [6.07, 6.45) is 0. The minimum Gasteiger partial charge on any atom is -0.456 e. The van der Waals surface area contributed by atoms with E-state index in [1.54, 1.807) is 36.6 Å². The predicted molar refractivity (Wildman–Crippen MR) is 103 cm³/mol. The van der Waals surface area contributed by atoms with Crippen molar-refractivity contribution in [3.8, 4) is 6.07 Å². The van der Waals surface area contributed by atoms with Gasteiger partial charge in [0.2, 0.25) is 0 Å².